The number of piperidine rings is 1. The molecule has 0 aliphatic carbocycles. The van der Waals surface area contributed by atoms with Crippen LogP contribution in [0, 0.1) is 0 Å². The van der Waals surface area contributed by atoms with Crippen LogP contribution in [0.1, 0.15) is 42.9 Å². The van der Waals surface area contributed by atoms with Crippen molar-refractivity contribution in [1.29, 1.82) is 0 Å². The Bertz CT molecular complexity index is 765. The van der Waals surface area contributed by atoms with Gasteiger partial charge in [-0.3, -0.25) is 4.90 Å². The standard InChI is InChI=1S/C21H25N3O2/c22-16-10-17-7-8-18(11-16)24(17)12-14-3-5-15(6-4-14)20-13-25-19-2-1-9-23-21(19)26-20/h1-6,9,16-18,20H,7-8,10-13,22H2/t16?,17-,18?,20-/m1/s1. The van der Waals surface area contributed by atoms with Crippen molar-refractivity contribution in [3.63, 3.8) is 0 Å². The number of nitrogens with two attached hydrogens (primary N) is 1. The van der Waals surface area contributed by atoms with Gasteiger partial charge in [-0.2, -0.15) is 0 Å². The van der Waals surface area contributed by atoms with Crippen LogP contribution >= 0.6 is 0 Å². The normalized spacial score (nSPS) is 30.3. The lowest BCUT2D eigenvalue weighted by atomic mass is 9.97. The van der Waals surface area contributed by atoms with Crippen molar-refractivity contribution in [1.82, 2.24) is 9.88 Å². The largest absolute Gasteiger partial charge is 0.484 e. The summed E-state index contributed by atoms with van der Waals surface area (Å²) in [6.07, 6.45) is 6.52. The van der Waals surface area contributed by atoms with Gasteiger partial charge < -0.3 is 15.2 Å². The van der Waals surface area contributed by atoms with Gasteiger partial charge in [-0.15, -0.1) is 0 Å². The average Bonchev–Trinajstić information content (AvgIpc) is 2.91. The maximum atomic E-state index is 6.19. The Kier molecular flexibility index (Phi) is 4.06. The van der Waals surface area contributed by atoms with E-state index in [1.54, 1.807) is 6.20 Å². The van der Waals surface area contributed by atoms with E-state index in [9.17, 15) is 0 Å². The Morgan fingerprint density at radius 2 is 1.85 bits per heavy atom. The van der Waals surface area contributed by atoms with Gasteiger partial charge in [0, 0.05) is 30.9 Å². The van der Waals surface area contributed by atoms with Crippen molar-refractivity contribution in [2.24, 2.45) is 5.73 Å². The molecule has 26 heavy (non-hydrogen) atoms. The number of aromatic nitrogens is 1. The van der Waals surface area contributed by atoms with E-state index >= 15 is 0 Å². The highest BCUT2D eigenvalue weighted by Gasteiger charge is 2.39. The van der Waals surface area contributed by atoms with Crippen LogP contribution < -0.4 is 15.2 Å². The Morgan fingerprint density at radius 1 is 1.08 bits per heavy atom. The predicted molar refractivity (Wildman–Crippen MR) is 99.1 cm³/mol. The molecule has 3 aliphatic rings. The van der Waals surface area contributed by atoms with Gasteiger partial charge in [0.25, 0.3) is 5.88 Å². The lowest BCUT2D eigenvalue weighted by molar-refractivity contribution is 0.0850. The second-order valence-corrected chi connectivity index (χ2v) is 7.75. The summed E-state index contributed by atoms with van der Waals surface area (Å²) in [6, 6.07) is 14.2. The Balaban J connectivity index is 1.27. The van der Waals surface area contributed by atoms with Gasteiger partial charge in [0.05, 0.1) is 0 Å². The van der Waals surface area contributed by atoms with E-state index < -0.39 is 0 Å². The molecule has 5 rings (SSSR count). The van der Waals surface area contributed by atoms with Crippen molar-refractivity contribution in [3.8, 4) is 11.6 Å². The minimum atomic E-state index is -0.101. The van der Waals surface area contributed by atoms with Gasteiger partial charge in [0.2, 0.25) is 0 Å². The number of pyridine rings is 1. The maximum absolute atomic E-state index is 6.19. The number of ether oxygens (including phenoxy) is 2. The molecular weight excluding hydrogens is 326 g/mol. The number of hydrogen-bond donors (Lipinski definition) is 1. The smallest absolute Gasteiger partial charge is 0.257 e. The molecule has 4 heterocycles. The van der Waals surface area contributed by atoms with E-state index in [1.165, 1.54) is 18.4 Å². The molecule has 0 saturated carbocycles. The number of fused-ring (bicyclic) bond motifs is 3. The fraction of sp³-hybridized carbons (Fsp3) is 0.476. The average molecular weight is 351 g/mol. The summed E-state index contributed by atoms with van der Waals surface area (Å²) in [5, 5.41) is 0. The monoisotopic (exact) mass is 351 g/mol. The molecule has 136 valence electrons. The quantitative estimate of drug-likeness (QED) is 0.921. The van der Waals surface area contributed by atoms with E-state index in [0.717, 1.165) is 30.7 Å². The molecule has 2 aromatic rings. The third-order valence-electron chi connectivity index (χ3n) is 6.02. The first-order chi connectivity index (χ1) is 12.8. The van der Waals surface area contributed by atoms with E-state index in [0.29, 0.717) is 30.6 Å². The van der Waals surface area contributed by atoms with E-state index in [1.807, 2.05) is 12.1 Å². The molecule has 2 bridgehead atoms. The lowest BCUT2D eigenvalue weighted by Gasteiger charge is -2.37. The molecule has 2 N–H and O–H groups in total. The van der Waals surface area contributed by atoms with Crippen LogP contribution in [0.5, 0.6) is 11.6 Å². The molecule has 4 atom stereocenters. The van der Waals surface area contributed by atoms with Crippen molar-refractivity contribution in [2.75, 3.05) is 6.61 Å². The first-order valence-corrected chi connectivity index (χ1v) is 9.61. The number of hydrogen-bond acceptors (Lipinski definition) is 5. The number of benzene rings is 1. The highest BCUT2D eigenvalue weighted by atomic mass is 16.6. The van der Waals surface area contributed by atoms with Crippen LogP contribution in [0.25, 0.3) is 0 Å². The van der Waals surface area contributed by atoms with Gasteiger partial charge in [-0.1, -0.05) is 24.3 Å². The van der Waals surface area contributed by atoms with Crippen LogP contribution in [0.4, 0.5) is 0 Å². The third kappa shape index (κ3) is 2.95. The van der Waals surface area contributed by atoms with Crippen molar-refractivity contribution >= 4 is 0 Å². The zero-order chi connectivity index (χ0) is 17.5. The minimum absolute atomic E-state index is 0.101. The Hall–Kier alpha value is -2.11. The first-order valence-electron chi connectivity index (χ1n) is 9.61. The zero-order valence-electron chi connectivity index (χ0n) is 14.9. The van der Waals surface area contributed by atoms with Gasteiger partial charge in [-0.25, -0.2) is 4.98 Å². The number of nitrogens with zero attached hydrogens (tertiary/aromatic N) is 2. The zero-order valence-corrected chi connectivity index (χ0v) is 14.9. The molecular formula is C21H25N3O2. The van der Waals surface area contributed by atoms with Gasteiger partial charge in [-0.05, 0) is 48.9 Å². The Morgan fingerprint density at radius 3 is 2.62 bits per heavy atom. The summed E-state index contributed by atoms with van der Waals surface area (Å²) in [5.41, 5.74) is 8.68. The van der Waals surface area contributed by atoms with E-state index in [-0.39, 0.29) is 6.10 Å². The van der Waals surface area contributed by atoms with Crippen molar-refractivity contribution in [3.05, 3.63) is 53.7 Å². The van der Waals surface area contributed by atoms with Crippen LogP contribution in [0.2, 0.25) is 0 Å². The van der Waals surface area contributed by atoms with Crippen LogP contribution in [-0.4, -0.2) is 34.6 Å². The fourth-order valence-corrected chi connectivity index (χ4v) is 4.70. The summed E-state index contributed by atoms with van der Waals surface area (Å²) in [5.74, 6) is 1.30. The second-order valence-electron chi connectivity index (χ2n) is 7.75. The van der Waals surface area contributed by atoms with E-state index in [4.69, 9.17) is 15.2 Å². The Labute approximate surface area is 154 Å². The maximum Gasteiger partial charge on any atom is 0.257 e. The van der Waals surface area contributed by atoms with Crippen LogP contribution in [-0.2, 0) is 6.54 Å². The molecule has 0 amide bonds. The fourth-order valence-electron chi connectivity index (χ4n) is 4.70. The molecule has 2 fully saturated rings. The molecule has 0 spiro atoms. The third-order valence-corrected chi connectivity index (χ3v) is 6.02. The minimum Gasteiger partial charge on any atom is -0.484 e. The molecule has 2 saturated heterocycles. The highest BCUT2D eigenvalue weighted by Crippen LogP contribution is 2.37. The van der Waals surface area contributed by atoms with Crippen molar-refractivity contribution < 1.29 is 9.47 Å². The molecule has 1 aromatic carbocycles. The summed E-state index contributed by atoms with van der Waals surface area (Å²) in [7, 11) is 0. The summed E-state index contributed by atoms with van der Waals surface area (Å²) >= 11 is 0. The van der Waals surface area contributed by atoms with Crippen LogP contribution in [0.3, 0.4) is 0 Å². The van der Waals surface area contributed by atoms with Crippen LogP contribution in [0.15, 0.2) is 42.6 Å². The van der Waals surface area contributed by atoms with E-state index in [2.05, 4.69) is 34.1 Å². The summed E-state index contributed by atoms with van der Waals surface area (Å²) in [6.45, 7) is 1.54. The molecule has 1 aromatic heterocycles. The summed E-state index contributed by atoms with van der Waals surface area (Å²) < 4.78 is 11.8. The van der Waals surface area contributed by atoms with Gasteiger partial charge in [0.15, 0.2) is 11.9 Å². The molecule has 2 unspecified atom stereocenters. The van der Waals surface area contributed by atoms with Gasteiger partial charge in [0.1, 0.15) is 6.61 Å². The lowest BCUT2D eigenvalue weighted by Crippen LogP contribution is -2.46. The number of rotatable bonds is 3. The highest BCUT2D eigenvalue weighted by molar-refractivity contribution is 5.36. The first kappa shape index (κ1) is 16.1. The predicted octanol–water partition coefficient (Wildman–Crippen LogP) is 3.05. The van der Waals surface area contributed by atoms with Gasteiger partial charge >= 0.3 is 0 Å². The SMILES string of the molecule is NC1CC2CC[C@H](C1)N2Cc1ccc([C@H]2COc3cccnc3O2)cc1. The second kappa shape index (κ2) is 6.56. The van der Waals surface area contributed by atoms with Crippen molar-refractivity contribution in [2.45, 2.75) is 56.5 Å². The molecule has 5 nitrogen and oxygen atoms in total. The molecule has 5 heteroatoms. The topological polar surface area (TPSA) is 60.6 Å². The summed E-state index contributed by atoms with van der Waals surface area (Å²) in [4.78, 5) is 6.92. The molecule has 3 aliphatic heterocycles. The molecule has 0 radical (unpaired) electrons.